The number of hydrogen-bond donors (Lipinski definition) is 0. The number of ether oxygens (including phenoxy) is 1. The molecule has 0 aromatic heterocycles. The first-order valence-electron chi connectivity index (χ1n) is 8.62. The maximum atomic E-state index is 14.3. The standard InChI is InChI=1S/C20H25F3O2/c1-6-8-12-13(18(23)17(22)11(3)16(12)21)10-25-19(24)15-14(9-7-2)20(15,4)5/h7,9,14-15H,6,8,10H2,1-5H3/t14-,15+/m1/s1. The van der Waals surface area contributed by atoms with E-state index in [1.54, 1.807) is 0 Å². The molecule has 0 unspecified atom stereocenters. The summed E-state index contributed by atoms with van der Waals surface area (Å²) in [6, 6.07) is 0. The Morgan fingerprint density at radius 3 is 2.36 bits per heavy atom. The van der Waals surface area contributed by atoms with E-state index >= 15 is 0 Å². The molecule has 1 saturated carbocycles. The molecule has 2 nitrogen and oxygen atoms in total. The lowest BCUT2D eigenvalue weighted by Crippen LogP contribution is -2.15. The third-order valence-electron chi connectivity index (χ3n) is 5.17. The van der Waals surface area contributed by atoms with E-state index in [0.29, 0.717) is 6.42 Å². The zero-order chi connectivity index (χ0) is 18.9. The van der Waals surface area contributed by atoms with Crippen LogP contribution in [0.1, 0.15) is 50.8 Å². The van der Waals surface area contributed by atoms with Gasteiger partial charge in [0, 0.05) is 11.1 Å². The van der Waals surface area contributed by atoms with Crippen LogP contribution < -0.4 is 0 Å². The SMILES string of the molecule is CC=C[C@@H]1[C@@H](C(=O)OCc2c(F)c(F)c(C)c(F)c2CCC)C1(C)C. The molecule has 0 saturated heterocycles. The number of hydrogen-bond acceptors (Lipinski definition) is 2. The van der Waals surface area contributed by atoms with Crippen LogP contribution in [0.5, 0.6) is 0 Å². The van der Waals surface area contributed by atoms with Crippen molar-refractivity contribution in [3.05, 3.63) is 46.3 Å². The van der Waals surface area contributed by atoms with Gasteiger partial charge in [0.2, 0.25) is 0 Å². The summed E-state index contributed by atoms with van der Waals surface area (Å²) in [4.78, 5) is 12.3. The molecule has 25 heavy (non-hydrogen) atoms. The minimum absolute atomic E-state index is 0.0662. The second-order valence-corrected chi connectivity index (χ2v) is 7.23. The number of carbonyl (C=O) groups excluding carboxylic acids is 1. The Bertz CT molecular complexity index is 708. The van der Waals surface area contributed by atoms with E-state index < -0.39 is 30.0 Å². The average molecular weight is 354 g/mol. The fourth-order valence-electron chi connectivity index (χ4n) is 3.47. The maximum absolute atomic E-state index is 14.3. The molecule has 2 rings (SSSR count). The fraction of sp³-hybridized carbons (Fsp3) is 0.550. The molecule has 1 aliphatic rings. The largest absolute Gasteiger partial charge is 0.460 e. The van der Waals surface area contributed by atoms with Crippen LogP contribution in [0.4, 0.5) is 13.2 Å². The molecule has 5 heteroatoms. The van der Waals surface area contributed by atoms with Crippen LogP contribution in [0.3, 0.4) is 0 Å². The van der Waals surface area contributed by atoms with Gasteiger partial charge in [-0.05, 0) is 37.2 Å². The third-order valence-corrected chi connectivity index (χ3v) is 5.17. The monoisotopic (exact) mass is 354 g/mol. The van der Waals surface area contributed by atoms with Crippen molar-refractivity contribution in [3.63, 3.8) is 0 Å². The Labute approximate surface area is 147 Å². The van der Waals surface area contributed by atoms with Gasteiger partial charge in [0.25, 0.3) is 0 Å². The van der Waals surface area contributed by atoms with Crippen LogP contribution in [0.25, 0.3) is 0 Å². The number of halogens is 3. The van der Waals surface area contributed by atoms with E-state index in [2.05, 4.69) is 0 Å². The highest BCUT2D eigenvalue weighted by Gasteiger charge is 2.61. The fourth-order valence-corrected chi connectivity index (χ4v) is 3.47. The van der Waals surface area contributed by atoms with Crippen molar-refractivity contribution in [3.8, 4) is 0 Å². The van der Waals surface area contributed by atoms with Gasteiger partial charge in [-0.3, -0.25) is 4.79 Å². The van der Waals surface area contributed by atoms with Crippen molar-refractivity contribution in [1.82, 2.24) is 0 Å². The van der Waals surface area contributed by atoms with Crippen molar-refractivity contribution in [2.75, 3.05) is 0 Å². The van der Waals surface area contributed by atoms with E-state index in [1.165, 1.54) is 6.92 Å². The van der Waals surface area contributed by atoms with E-state index in [9.17, 15) is 18.0 Å². The van der Waals surface area contributed by atoms with Crippen molar-refractivity contribution < 1.29 is 22.7 Å². The van der Waals surface area contributed by atoms with E-state index in [1.807, 2.05) is 39.8 Å². The van der Waals surface area contributed by atoms with Crippen molar-refractivity contribution in [2.24, 2.45) is 17.3 Å². The topological polar surface area (TPSA) is 26.3 Å². The molecule has 1 aromatic rings. The molecule has 138 valence electrons. The summed E-state index contributed by atoms with van der Waals surface area (Å²) in [6.45, 7) is 8.36. The molecule has 0 heterocycles. The van der Waals surface area contributed by atoms with Crippen molar-refractivity contribution >= 4 is 5.97 Å². The third kappa shape index (κ3) is 3.46. The highest BCUT2D eigenvalue weighted by molar-refractivity contribution is 5.78. The van der Waals surface area contributed by atoms with Gasteiger partial charge in [0.15, 0.2) is 11.6 Å². The molecule has 1 aliphatic carbocycles. The van der Waals surface area contributed by atoms with Crippen LogP contribution in [0.15, 0.2) is 12.2 Å². The second kappa shape index (κ2) is 7.22. The summed E-state index contributed by atoms with van der Waals surface area (Å²) in [5.74, 6) is -3.82. The van der Waals surface area contributed by atoms with Gasteiger partial charge >= 0.3 is 5.97 Å². The van der Waals surface area contributed by atoms with Crippen LogP contribution in [0.2, 0.25) is 0 Å². The van der Waals surface area contributed by atoms with Gasteiger partial charge in [-0.25, -0.2) is 13.2 Å². The van der Waals surface area contributed by atoms with Crippen LogP contribution in [-0.2, 0) is 22.6 Å². The first-order chi connectivity index (χ1) is 11.7. The lowest BCUT2D eigenvalue weighted by atomic mass is 9.98. The zero-order valence-corrected chi connectivity index (χ0v) is 15.4. The molecule has 0 spiro atoms. The molecule has 1 aromatic carbocycles. The zero-order valence-electron chi connectivity index (χ0n) is 15.4. The Hall–Kier alpha value is -1.78. The summed E-state index contributed by atoms with van der Waals surface area (Å²) < 4.78 is 47.7. The molecule has 0 N–H and O–H groups in total. The number of esters is 1. The van der Waals surface area contributed by atoms with Crippen LogP contribution in [0, 0.1) is 41.6 Å². The van der Waals surface area contributed by atoms with Gasteiger partial charge in [0.1, 0.15) is 12.4 Å². The van der Waals surface area contributed by atoms with Gasteiger partial charge in [-0.1, -0.05) is 39.3 Å². The highest BCUT2D eigenvalue weighted by Crippen LogP contribution is 2.59. The molecule has 1 fully saturated rings. The number of rotatable bonds is 6. The predicted molar refractivity (Wildman–Crippen MR) is 90.4 cm³/mol. The van der Waals surface area contributed by atoms with Gasteiger partial charge in [0.05, 0.1) is 5.92 Å². The molecular formula is C20H25F3O2. The number of benzene rings is 1. The van der Waals surface area contributed by atoms with Gasteiger partial charge < -0.3 is 4.74 Å². The lowest BCUT2D eigenvalue weighted by Gasteiger charge is -2.15. The predicted octanol–water partition coefficient (Wildman–Crippen LogP) is 5.26. The van der Waals surface area contributed by atoms with E-state index in [4.69, 9.17) is 4.74 Å². The van der Waals surface area contributed by atoms with Crippen molar-refractivity contribution in [1.29, 1.82) is 0 Å². The van der Waals surface area contributed by atoms with E-state index in [0.717, 1.165) is 0 Å². The summed E-state index contributed by atoms with van der Waals surface area (Å²) in [5.41, 5.74) is -0.672. The molecule has 0 radical (unpaired) electrons. The maximum Gasteiger partial charge on any atom is 0.310 e. The van der Waals surface area contributed by atoms with Gasteiger partial charge in [-0.15, -0.1) is 0 Å². The molecular weight excluding hydrogens is 329 g/mol. The first kappa shape index (κ1) is 19.5. The average Bonchev–Trinajstić information content (AvgIpc) is 3.11. The Morgan fingerprint density at radius 2 is 1.80 bits per heavy atom. The molecule has 0 amide bonds. The Balaban J connectivity index is 2.22. The molecule has 2 atom stereocenters. The summed E-state index contributed by atoms with van der Waals surface area (Å²) in [5, 5.41) is 0. The van der Waals surface area contributed by atoms with E-state index in [-0.39, 0.29) is 40.4 Å². The Kier molecular flexibility index (Phi) is 5.65. The van der Waals surface area contributed by atoms with Gasteiger partial charge in [-0.2, -0.15) is 0 Å². The lowest BCUT2D eigenvalue weighted by molar-refractivity contribution is -0.147. The summed E-state index contributed by atoms with van der Waals surface area (Å²) in [6.07, 6.45) is 4.65. The van der Waals surface area contributed by atoms with Crippen LogP contribution in [-0.4, -0.2) is 5.97 Å². The van der Waals surface area contributed by atoms with Crippen molar-refractivity contribution in [2.45, 2.75) is 54.1 Å². The van der Waals surface area contributed by atoms with Crippen LogP contribution >= 0.6 is 0 Å². The minimum Gasteiger partial charge on any atom is -0.460 e. The molecule has 0 bridgehead atoms. The number of allylic oxidation sites excluding steroid dienone is 2. The Morgan fingerprint density at radius 1 is 1.16 bits per heavy atom. The highest BCUT2D eigenvalue weighted by atomic mass is 19.2. The first-order valence-corrected chi connectivity index (χ1v) is 8.62. The summed E-state index contributed by atoms with van der Waals surface area (Å²) >= 11 is 0. The normalized spacial score (nSPS) is 21.6. The smallest absolute Gasteiger partial charge is 0.310 e. The second-order valence-electron chi connectivity index (χ2n) is 7.23. The molecule has 0 aliphatic heterocycles. The minimum atomic E-state index is -1.22. The summed E-state index contributed by atoms with van der Waals surface area (Å²) in [7, 11) is 0. The quantitative estimate of drug-likeness (QED) is 0.396. The number of carbonyl (C=O) groups is 1.